The van der Waals surface area contributed by atoms with E-state index in [-0.39, 0.29) is 46.2 Å². The maximum Gasteiger partial charge on any atom is 0.343 e. The van der Waals surface area contributed by atoms with Crippen LogP contribution >= 0.6 is 0 Å². The zero-order valence-corrected chi connectivity index (χ0v) is 25.8. The fraction of sp³-hybridized carbons (Fsp3) is 0.152. The Morgan fingerprint density at radius 2 is 1.49 bits per heavy atom. The van der Waals surface area contributed by atoms with Crippen molar-refractivity contribution in [2.45, 2.75) is 6.92 Å². The number of hydrazone groups is 1. The van der Waals surface area contributed by atoms with Crippen LogP contribution in [0.3, 0.4) is 0 Å². The number of ether oxygens (including phenoxy) is 5. The topological polar surface area (TPSA) is 177 Å². The lowest BCUT2D eigenvalue weighted by atomic mass is 10.1. The molecule has 0 aliphatic heterocycles. The molecule has 4 rings (SSSR count). The maximum absolute atomic E-state index is 13.1. The molecule has 14 nitrogen and oxygen atoms in total. The summed E-state index contributed by atoms with van der Waals surface area (Å²) in [7, 11) is 4.32. The number of non-ortho nitro benzene ring substituents is 1. The lowest BCUT2D eigenvalue weighted by Crippen LogP contribution is -2.21. The van der Waals surface area contributed by atoms with Crippen LogP contribution in [0.2, 0.25) is 0 Å². The maximum atomic E-state index is 13.1. The van der Waals surface area contributed by atoms with Crippen LogP contribution in [-0.4, -0.2) is 56.9 Å². The first-order valence-electron chi connectivity index (χ1n) is 14.0. The predicted molar refractivity (Wildman–Crippen MR) is 171 cm³/mol. The second-order valence-corrected chi connectivity index (χ2v) is 9.45. The van der Waals surface area contributed by atoms with E-state index >= 15 is 0 Å². The standard InChI is InChI=1S/C33H30N4O10/c1-5-46-27-16-20(10-15-26(27)47-33(40)21-11-13-23(14-12-21)37(41)42)19-34-36-32(39)24-8-6-7-9-25(24)35-31(38)22-17-28(43-2)30(45-4)29(18-22)44-3/h6-19H,5H2,1-4H3,(H,35,38)(H,36,39)/b34-19-. The average Bonchev–Trinajstić information content (AvgIpc) is 3.08. The number of hydrogen-bond acceptors (Lipinski definition) is 11. The molecule has 2 N–H and O–H groups in total. The van der Waals surface area contributed by atoms with Gasteiger partial charge in [0.25, 0.3) is 17.5 Å². The second kappa shape index (κ2) is 15.5. The van der Waals surface area contributed by atoms with Crippen LogP contribution in [0.25, 0.3) is 0 Å². The largest absolute Gasteiger partial charge is 0.493 e. The minimum atomic E-state index is -0.731. The summed E-state index contributed by atoms with van der Waals surface area (Å²) in [6, 6.07) is 19.0. The Kier molecular flexibility index (Phi) is 11.0. The molecule has 0 saturated heterocycles. The number of carbonyl (C=O) groups is 3. The normalized spacial score (nSPS) is 10.6. The zero-order chi connectivity index (χ0) is 33.9. The number of carbonyl (C=O) groups excluding carboxylic acids is 3. The molecule has 0 radical (unpaired) electrons. The number of rotatable bonds is 13. The monoisotopic (exact) mass is 642 g/mol. The number of benzene rings is 4. The number of nitro benzene ring substituents is 1. The number of amides is 2. The number of nitrogens with zero attached hydrogens (tertiary/aromatic N) is 2. The molecule has 0 aliphatic rings. The molecule has 0 aromatic heterocycles. The van der Waals surface area contributed by atoms with Crippen molar-refractivity contribution in [1.29, 1.82) is 0 Å². The molecule has 14 heteroatoms. The van der Waals surface area contributed by atoms with Gasteiger partial charge in [0, 0.05) is 17.7 Å². The van der Waals surface area contributed by atoms with Crippen LogP contribution in [0.1, 0.15) is 43.6 Å². The predicted octanol–water partition coefficient (Wildman–Crippen LogP) is 5.25. The Morgan fingerprint density at radius 1 is 0.809 bits per heavy atom. The van der Waals surface area contributed by atoms with E-state index in [4.69, 9.17) is 23.7 Å². The zero-order valence-electron chi connectivity index (χ0n) is 25.8. The SMILES string of the molecule is CCOc1cc(/C=N\NC(=O)c2ccccc2NC(=O)c2cc(OC)c(OC)c(OC)c2)ccc1OC(=O)c1ccc([N+](=O)[O-])cc1. The second-order valence-electron chi connectivity index (χ2n) is 9.45. The van der Waals surface area contributed by atoms with Crippen molar-refractivity contribution in [3.8, 4) is 28.7 Å². The first-order chi connectivity index (χ1) is 22.7. The summed E-state index contributed by atoms with van der Waals surface area (Å²) in [5.41, 5.74) is 3.49. The summed E-state index contributed by atoms with van der Waals surface area (Å²) in [4.78, 5) is 49.1. The molecule has 242 valence electrons. The number of hydrogen-bond donors (Lipinski definition) is 2. The summed E-state index contributed by atoms with van der Waals surface area (Å²) < 4.78 is 27.0. The van der Waals surface area contributed by atoms with Gasteiger partial charge in [0.15, 0.2) is 23.0 Å². The number of para-hydroxylation sites is 1. The third-order valence-corrected chi connectivity index (χ3v) is 6.51. The highest BCUT2D eigenvalue weighted by molar-refractivity contribution is 6.09. The molecule has 4 aromatic rings. The third-order valence-electron chi connectivity index (χ3n) is 6.51. The summed E-state index contributed by atoms with van der Waals surface area (Å²) in [6.07, 6.45) is 1.36. The Labute approximate surface area is 269 Å². The van der Waals surface area contributed by atoms with E-state index in [1.54, 1.807) is 37.3 Å². The van der Waals surface area contributed by atoms with Gasteiger partial charge in [-0.05, 0) is 67.1 Å². The van der Waals surface area contributed by atoms with Gasteiger partial charge in [0.1, 0.15) is 0 Å². The number of anilines is 1. The highest BCUT2D eigenvalue weighted by atomic mass is 16.6. The summed E-state index contributed by atoms with van der Waals surface area (Å²) >= 11 is 0. The van der Waals surface area contributed by atoms with Crippen molar-refractivity contribution in [3.05, 3.63) is 111 Å². The fourth-order valence-electron chi connectivity index (χ4n) is 4.26. The lowest BCUT2D eigenvalue weighted by molar-refractivity contribution is -0.384. The van der Waals surface area contributed by atoms with Gasteiger partial charge in [-0.2, -0.15) is 5.10 Å². The number of methoxy groups -OCH3 is 3. The Balaban J connectivity index is 1.45. The summed E-state index contributed by atoms with van der Waals surface area (Å²) in [5.74, 6) is -0.584. The van der Waals surface area contributed by atoms with E-state index in [9.17, 15) is 24.5 Å². The number of esters is 1. The molecule has 0 bridgehead atoms. The fourth-order valence-corrected chi connectivity index (χ4v) is 4.26. The van der Waals surface area contributed by atoms with E-state index in [0.29, 0.717) is 22.8 Å². The van der Waals surface area contributed by atoms with Gasteiger partial charge in [0.2, 0.25) is 5.75 Å². The molecule has 0 atom stereocenters. The first-order valence-corrected chi connectivity index (χ1v) is 14.0. The van der Waals surface area contributed by atoms with E-state index in [0.717, 1.165) is 0 Å². The molecule has 4 aromatic carbocycles. The van der Waals surface area contributed by atoms with Crippen LogP contribution in [0.15, 0.2) is 84.0 Å². The smallest absolute Gasteiger partial charge is 0.343 e. The van der Waals surface area contributed by atoms with Crippen LogP contribution in [0, 0.1) is 10.1 Å². The summed E-state index contributed by atoms with van der Waals surface area (Å²) in [6.45, 7) is 2.01. The first kappa shape index (κ1) is 33.5. The van der Waals surface area contributed by atoms with Gasteiger partial charge in [-0.3, -0.25) is 19.7 Å². The van der Waals surface area contributed by atoms with Gasteiger partial charge in [-0.25, -0.2) is 10.2 Å². The molecular weight excluding hydrogens is 612 g/mol. The van der Waals surface area contributed by atoms with Crippen LogP contribution < -0.4 is 34.4 Å². The van der Waals surface area contributed by atoms with E-state index < -0.39 is 22.7 Å². The molecule has 0 fully saturated rings. The van der Waals surface area contributed by atoms with Crippen molar-refractivity contribution in [2.75, 3.05) is 33.3 Å². The van der Waals surface area contributed by atoms with Crippen molar-refractivity contribution >= 4 is 35.4 Å². The average molecular weight is 643 g/mol. The van der Waals surface area contributed by atoms with Crippen molar-refractivity contribution < 1.29 is 43.0 Å². The van der Waals surface area contributed by atoms with Gasteiger partial charge < -0.3 is 29.0 Å². The van der Waals surface area contributed by atoms with E-state index in [2.05, 4.69) is 15.8 Å². The highest BCUT2D eigenvalue weighted by Gasteiger charge is 2.19. The Bertz CT molecular complexity index is 1800. The van der Waals surface area contributed by atoms with E-state index in [1.165, 1.54) is 76.1 Å². The van der Waals surface area contributed by atoms with Crippen LogP contribution in [0.5, 0.6) is 28.7 Å². The van der Waals surface area contributed by atoms with Gasteiger partial charge in [-0.15, -0.1) is 0 Å². The van der Waals surface area contributed by atoms with Gasteiger partial charge in [-0.1, -0.05) is 12.1 Å². The minimum absolute atomic E-state index is 0.117. The Hall–Kier alpha value is -6.44. The molecule has 47 heavy (non-hydrogen) atoms. The van der Waals surface area contributed by atoms with Gasteiger partial charge >= 0.3 is 5.97 Å². The quantitative estimate of drug-likeness (QED) is 0.0643. The van der Waals surface area contributed by atoms with Crippen LogP contribution in [-0.2, 0) is 0 Å². The number of nitrogens with one attached hydrogen (secondary N) is 2. The highest BCUT2D eigenvalue weighted by Crippen LogP contribution is 2.38. The molecular formula is C33H30N4O10. The van der Waals surface area contributed by atoms with Crippen molar-refractivity contribution in [3.63, 3.8) is 0 Å². The van der Waals surface area contributed by atoms with E-state index in [1.807, 2.05) is 0 Å². The molecule has 0 heterocycles. The molecule has 0 aliphatic carbocycles. The molecule has 2 amide bonds. The lowest BCUT2D eigenvalue weighted by Gasteiger charge is -2.15. The number of nitro groups is 1. The van der Waals surface area contributed by atoms with Crippen molar-refractivity contribution in [2.24, 2.45) is 5.10 Å². The Morgan fingerprint density at radius 3 is 2.11 bits per heavy atom. The minimum Gasteiger partial charge on any atom is -0.493 e. The van der Waals surface area contributed by atoms with Crippen LogP contribution in [0.4, 0.5) is 11.4 Å². The van der Waals surface area contributed by atoms with Crippen molar-refractivity contribution in [1.82, 2.24) is 5.43 Å². The molecule has 0 spiro atoms. The van der Waals surface area contributed by atoms with Gasteiger partial charge in [0.05, 0.1) is 55.9 Å². The molecule has 0 saturated carbocycles. The molecule has 0 unspecified atom stereocenters. The summed E-state index contributed by atoms with van der Waals surface area (Å²) in [5, 5.41) is 17.6. The third kappa shape index (κ3) is 8.19.